The molecule has 0 saturated heterocycles. The van der Waals surface area contributed by atoms with Crippen molar-refractivity contribution in [2.45, 2.75) is 0 Å². The quantitative estimate of drug-likeness (QED) is 0.683. The van der Waals surface area contributed by atoms with Crippen LogP contribution < -0.4 is 0 Å². The van der Waals surface area contributed by atoms with Crippen LogP contribution in [0.1, 0.15) is 11.1 Å². The van der Waals surface area contributed by atoms with Gasteiger partial charge in [0.25, 0.3) is 0 Å². The summed E-state index contributed by atoms with van der Waals surface area (Å²) in [7, 11) is 0. The van der Waals surface area contributed by atoms with Crippen LogP contribution in [0.15, 0.2) is 44.3 Å². The summed E-state index contributed by atoms with van der Waals surface area (Å²) in [5.74, 6) is 0. The van der Waals surface area contributed by atoms with Gasteiger partial charge in [0.2, 0.25) is 12.4 Å². The average molecular weight is 275 g/mol. The van der Waals surface area contributed by atoms with Crippen molar-refractivity contribution in [3.8, 4) is 12.4 Å². The third kappa shape index (κ3) is 1.89. The van der Waals surface area contributed by atoms with Crippen molar-refractivity contribution < 1.29 is 0 Å². The van der Waals surface area contributed by atoms with Gasteiger partial charge in [-0.25, -0.2) is 0 Å². The zero-order valence-corrected chi connectivity index (χ0v) is 10.4. The van der Waals surface area contributed by atoms with E-state index in [0.29, 0.717) is 11.1 Å². The van der Waals surface area contributed by atoms with E-state index in [1.807, 2.05) is 0 Å². The molecule has 0 aromatic heterocycles. The molecule has 1 aromatic carbocycles. The molecule has 2 rings (SSSR count). The van der Waals surface area contributed by atoms with Gasteiger partial charge in [-0.1, -0.05) is 47.5 Å². The molecule has 18 heavy (non-hydrogen) atoms. The second-order valence-electron chi connectivity index (χ2n) is 3.29. The maximum Gasteiger partial charge on any atom is 0.206 e. The predicted octanol–water partition coefficient (Wildman–Crippen LogP) is 2.93. The van der Waals surface area contributed by atoms with Crippen LogP contribution in [-0.4, -0.2) is 11.4 Å². The highest BCUT2D eigenvalue weighted by atomic mass is 35.5. The standard InChI is InChI=1S/C12H4Cl2N4/c13-9-10(14)12(18-6-16)8-4-2-1-3-7(8)11(9)17-5-15/h1-4H. The van der Waals surface area contributed by atoms with E-state index in [2.05, 4.69) is 9.98 Å². The Hall–Kier alpha value is -2.14. The first-order valence-corrected chi connectivity index (χ1v) is 5.55. The molecule has 4 nitrogen and oxygen atoms in total. The molecule has 0 radical (unpaired) electrons. The maximum atomic E-state index is 8.67. The Kier molecular flexibility index (Phi) is 3.43. The molecule has 1 aliphatic rings. The van der Waals surface area contributed by atoms with Crippen molar-refractivity contribution in [2.24, 2.45) is 9.98 Å². The fourth-order valence-corrected chi connectivity index (χ4v) is 2.13. The fraction of sp³-hybridized carbons (Fsp3) is 0. The number of allylic oxidation sites excluding steroid dienone is 2. The number of aliphatic imine (C=N–C) groups is 2. The molecule has 0 spiro atoms. The van der Waals surface area contributed by atoms with E-state index in [1.165, 1.54) is 0 Å². The van der Waals surface area contributed by atoms with Crippen LogP contribution in [0.25, 0.3) is 0 Å². The van der Waals surface area contributed by atoms with E-state index in [9.17, 15) is 0 Å². The monoisotopic (exact) mass is 274 g/mol. The van der Waals surface area contributed by atoms with Gasteiger partial charge in [-0.05, 0) is 0 Å². The SMILES string of the molecule is N#CN=C1C(Cl)=C(Cl)C(=NC#N)c2ccccc21. The zero-order chi connectivity index (χ0) is 13.1. The van der Waals surface area contributed by atoms with Gasteiger partial charge in [-0.3, -0.25) is 0 Å². The van der Waals surface area contributed by atoms with Crippen molar-refractivity contribution in [2.75, 3.05) is 0 Å². The highest BCUT2D eigenvalue weighted by molar-refractivity contribution is 6.60. The van der Waals surface area contributed by atoms with Crippen molar-refractivity contribution in [1.29, 1.82) is 10.5 Å². The third-order valence-corrected chi connectivity index (χ3v) is 3.20. The molecule has 0 fully saturated rings. The molecule has 1 aromatic rings. The van der Waals surface area contributed by atoms with Gasteiger partial charge in [-0.2, -0.15) is 20.5 Å². The summed E-state index contributed by atoms with van der Waals surface area (Å²) in [4.78, 5) is 7.32. The number of benzene rings is 1. The lowest BCUT2D eigenvalue weighted by Crippen LogP contribution is -2.18. The van der Waals surface area contributed by atoms with Crippen molar-refractivity contribution in [3.05, 3.63) is 45.5 Å². The normalized spacial score (nSPS) is 18.4. The van der Waals surface area contributed by atoms with E-state index >= 15 is 0 Å². The summed E-state index contributed by atoms with van der Waals surface area (Å²) >= 11 is 12.1. The van der Waals surface area contributed by atoms with Gasteiger partial charge in [0, 0.05) is 11.1 Å². The second-order valence-corrected chi connectivity index (χ2v) is 4.05. The lowest BCUT2D eigenvalue weighted by Gasteiger charge is -2.18. The van der Waals surface area contributed by atoms with Crippen LogP contribution in [0.3, 0.4) is 0 Å². The molecule has 0 saturated carbocycles. The Labute approximate surface area is 113 Å². The molecular formula is C12H4Cl2N4. The zero-order valence-electron chi connectivity index (χ0n) is 8.85. The minimum Gasteiger partial charge on any atom is -0.171 e. The van der Waals surface area contributed by atoms with Gasteiger partial charge >= 0.3 is 0 Å². The lowest BCUT2D eigenvalue weighted by molar-refractivity contribution is 1.40. The minimum absolute atomic E-state index is 0.117. The number of hydrogen-bond acceptors (Lipinski definition) is 4. The largest absolute Gasteiger partial charge is 0.206 e. The van der Waals surface area contributed by atoms with Crippen molar-refractivity contribution in [1.82, 2.24) is 0 Å². The van der Waals surface area contributed by atoms with Crippen molar-refractivity contribution in [3.63, 3.8) is 0 Å². The molecule has 86 valence electrons. The van der Waals surface area contributed by atoms with Crippen LogP contribution >= 0.6 is 23.2 Å². The first kappa shape index (κ1) is 12.3. The third-order valence-electron chi connectivity index (χ3n) is 2.37. The van der Waals surface area contributed by atoms with E-state index in [0.717, 1.165) is 0 Å². The topological polar surface area (TPSA) is 72.3 Å². The number of fused-ring (bicyclic) bond motifs is 1. The van der Waals surface area contributed by atoms with Gasteiger partial charge < -0.3 is 0 Å². The molecule has 0 amide bonds. The number of nitriles is 2. The van der Waals surface area contributed by atoms with E-state index < -0.39 is 0 Å². The number of hydrogen-bond donors (Lipinski definition) is 0. The van der Waals surface area contributed by atoms with Crippen LogP contribution in [0.5, 0.6) is 0 Å². The summed E-state index contributed by atoms with van der Waals surface area (Å²) in [6.07, 6.45) is 3.36. The van der Waals surface area contributed by atoms with Gasteiger partial charge in [0.1, 0.15) is 11.4 Å². The highest BCUT2D eigenvalue weighted by Gasteiger charge is 2.27. The minimum atomic E-state index is 0.117. The van der Waals surface area contributed by atoms with E-state index in [1.54, 1.807) is 36.7 Å². The lowest BCUT2D eigenvalue weighted by atomic mass is 9.93. The summed E-state index contributed by atoms with van der Waals surface area (Å²) in [5, 5.41) is 17.6. The van der Waals surface area contributed by atoms with Gasteiger partial charge in [-0.15, -0.1) is 0 Å². The van der Waals surface area contributed by atoms with Gasteiger partial charge in [0.05, 0.1) is 10.1 Å². The molecule has 6 heteroatoms. The number of nitrogens with zero attached hydrogens (tertiary/aromatic N) is 4. The van der Waals surface area contributed by atoms with Crippen LogP contribution in [0, 0.1) is 22.9 Å². The Bertz CT molecular complexity index is 628. The molecule has 1 aliphatic carbocycles. The Morgan fingerprint density at radius 3 is 1.56 bits per heavy atom. The van der Waals surface area contributed by atoms with Gasteiger partial charge in [0.15, 0.2) is 0 Å². The van der Waals surface area contributed by atoms with E-state index in [4.69, 9.17) is 33.7 Å². The molecular weight excluding hydrogens is 271 g/mol. The Morgan fingerprint density at radius 1 is 0.833 bits per heavy atom. The first-order valence-electron chi connectivity index (χ1n) is 4.80. The molecule has 0 atom stereocenters. The summed E-state index contributed by atoms with van der Waals surface area (Å²) in [6.45, 7) is 0. The van der Waals surface area contributed by atoms with Crippen LogP contribution in [0.2, 0.25) is 0 Å². The highest BCUT2D eigenvalue weighted by Crippen LogP contribution is 2.31. The summed E-state index contributed by atoms with van der Waals surface area (Å²) < 4.78 is 0. The van der Waals surface area contributed by atoms with Crippen molar-refractivity contribution >= 4 is 34.6 Å². The molecule has 0 heterocycles. The smallest absolute Gasteiger partial charge is 0.171 e. The number of halogens is 2. The summed E-state index contributed by atoms with van der Waals surface area (Å²) in [5.41, 5.74) is 1.83. The second kappa shape index (κ2) is 5.01. The molecule has 0 bridgehead atoms. The maximum absolute atomic E-state index is 8.67. The summed E-state index contributed by atoms with van der Waals surface area (Å²) in [6, 6.07) is 7.03. The average Bonchev–Trinajstić information content (AvgIpc) is 2.40. The van der Waals surface area contributed by atoms with Crippen LogP contribution in [0.4, 0.5) is 0 Å². The van der Waals surface area contributed by atoms with Crippen LogP contribution in [-0.2, 0) is 0 Å². The molecule has 0 aliphatic heterocycles. The fourth-order valence-electron chi connectivity index (χ4n) is 1.66. The first-order chi connectivity index (χ1) is 8.70. The predicted molar refractivity (Wildman–Crippen MR) is 69.5 cm³/mol. The number of rotatable bonds is 0. The molecule has 0 unspecified atom stereocenters. The molecule has 0 N–H and O–H groups in total. The Morgan fingerprint density at radius 2 is 1.22 bits per heavy atom. The Balaban J connectivity index is 2.82. The van der Waals surface area contributed by atoms with E-state index in [-0.39, 0.29) is 21.5 Å².